The van der Waals surface area contributed by atoms with Crippen molar-refractivity contribution in [2.75, 3.05) is 0 Å². The Morgan fingerprint density at radius 3 is 2.53 bits per heavy atom. The van der Waals surface area contributed by atoms with Crippen molar-refractivity contribution in [3.05, 3.63) is 33.3 Å². The molecule has 0 bridgehead atoms. The van der Waals surface area contributed by atoms with Crippen molar-refractivity contribution < 1.29 is 5.11 Å². The summed E-state index contributed by atoms with van der Waals surface area (Å²) in [5, 5.41) is 19.1. The maximum absolute atomic E-state index is 10.4. The molecule has 6 heteroatoms. The van der Waals surface area contributed by atoms with Crippen molar-refractivity contribution in [1.29, 1.82) is 0 Å². The molecule has 1 N–H and O–H groups in total. The van der Waals surface area contributed by atoms with Crippen LogP contribution in [0.3, 0.4) is 0 Å². The molecule has 0 saturated heterocycles. The van der Waals surface area contributed by atoms with E-state index in [4.69, 9.17) is 0 Å². The number of hydrogen-bond acceptors (Lipinski definition) is 3. The summed E-state index contributed by atoms with van der Waals surface area (Å²) in [6.07, 6.45) is 2.70. The van der Waals surface area contributed by atoms with E-state index in [1.807, 2.05) is 31.9 Å². The van der Waals surface area contributed by atoms with Crippen LogP contribution >= 0.6 is 15.9 Å². The highest BCUT2D eigenvalue weighted by Gasteiger charge is 2.19. The normalized spacial score (nSPS) is 12.9. The van der Waals surface area contributed by atoms with Crippen molar-refractivity contribution in [1.82, 2.24) is 19.6 Å². The average molecular weight is 327 g/mol. The van der Waals surface area contributed by atoms with Crippen LogP contribution in [-0.4, -0.2) is 24.7 Å². The molecule has 2 aromatic rings. The van der Waals surface area contributed by atoms with E-state index in [1.165, 1.54) is 0 Å². The number of halogens is 1. The van der Waals surface area contributed by atoms with Crippen LogP contribution < -0.4 is 0 Å². The Kier molecular flexibility index (Phi) is 4.10. The topological polar surface area (TPSA) is 55.9 Å². The van der Waals surface area contributed by atoms with E-state index in [1.54, 1.807) is 4.68 Å². The second-order valence-electron chi connectivity index (χ2n) is 4.75. The summed E-state index contributed by atoms with van der Waals surface area (Å²) >= 11 is 3.57. The number of hydrogen-bond donors (Lipinski definition) is 1. The first-order chi connectivity index (χ1) is 8.93. The van der Waals surface area contributed by atoms with Crippen LogP contribution in [0.5, 0.6) is 0 Å². The highest BCUT2D eigenvalue weighted by molar-refractivity contribution is 9.10. The maximum Gasteiger partial charge on any atom is 0.0878 e. The minimum Gasteiger partial charge on any atom is -0.388 e. The summed E-state index contributed by atoms with van der Waals surface area (Å²) in [7, 11) is 3.76. The van der Waals surface area contributed by atoms with E-state index >= 15 is 0 Å². The van der Waals surface area contributed by atoms with Gasteiger partial charge in [0.05, 0.1) is 27.7 Å². The number of nitrogens with zero attached hydrogens (tertiary/aromatic N) is 4. The molecule has 0 aliphatic carbocycles. The molecule has 0 spiro atoms. The van der Waals surface area contributed by atoms with Gasteiger partial charge < -0.3 is 5.11 Å². The average Bonchev–Trinajstić information content (AvgIpc) is 2.82. The van der Waals surface area contributed by atoms with E-state index < -0.39 is 6.10 Å². The highest BCUT2D eigenvalue weighted by Crippen LogP contribution is 2.27. The second-order valence-corrected chi connectivity index (χ2v) is 5.54. The Balaban J connectivity index is 2.26. The smallest absolute Gasteiger partial charge is 0.0878 e. The van der Waals surface area contributed by atoms with E-state index in [9.17, 15) is 5.11 Å². The summed E-state index contributed by atoms with van der Waals surface area (Å²) in [6.45, 7) is 3.98. The molecule has 0 radical (unpaired) electrons. The lowest BCUT2D eigenvalue weighted by Crippen LogP contribution is -2.07. The van der Waals surface area contributed by atoms with Gasteiger partial charge >= 0.3 is 0 Å². The molecule has 0 amide bonds. The van der Waals surface area contributed by atoms with Gasteiger partial charge in [-0.25, -0.2) is 0 Å². The molecular formula is C13H19BrN4O. The zero-order valence-electron chi connectivity index (χ0n) is 11.7. The Hall–Kier alpha value is -1.14. The second kappa shape index (κ2) is 5.46. The monoisotopic (exact) mass is 326 g/mol. The lowest BCUT2D eigenvalue weighted by Gasteiger charge is -2.10. The van der Waals surface area contributed by atoms with Crippen LogP contribution in [0.15, 0.2) is 10.7 Å². The zero-order valence-corrected chi connectivity index (χ0v) is 13.3. The predicted molar refractivity (Wildman–Crippen MR) is 76.9 cm³/mol. The molecular weight excluding hydrogens is 308 g/mol. The fourth-order valence-electron chi connectivity index (χ4n) is 2.28. The minimum atomic E-state index is -0.565. The molecule has 0 fully saturated rings. The standard InChI is InChI=1S/C13H19BrN4O/c1-5-10-13(14)11(18(4)16-10)6-12(19)9-7-17(3)15-8(9)2/h7,12,19H,5-6H2,1-4H3. The Morgan fingerprint density at radius 1 is 1.37 bits per heavy atom. The van der Waals surface area contributed by atoms with Gasteiger partial charge in [-0.05, 0) is 29.3 Å². The van der Waals surface area contributed by atoms with Crippen molar-refractivity contribution in [2.45, 2.75) is 32.8 Å². The van der Waals surface area contributed by atoms with Gasteiger partial charge in [-0.1, -0.05) is 6.92 Å². The number of aliphatic hydroxyl groups excluding tert-OH is 1. The molecule has 104 valence electrons. The van der Waals surface area contributed by atoms with Gasteiger partial charge in [-0.2, -0.15) is 10.2 Å². The van der Waals surface area contributed by atoms with Gasteiger partial charge in [0.2, 0.25) is 0 Å². The minimum absolute atomic E-state index is 0.524. The van der Waals surface area contributed by atoms with Crippen molar-refractivity contribution in [3.63, 3.8) is 0 Å². The molecule has 2 aromatic heterocycles. The van der Waals surface area contributed by atoms with Gasteiger partial charge in [0.15, 0.2) is 0 Å². The van der Waals surface area contributed by atoms with E-state index in [0.29, 0.717) is 6.42 Å². The highest BCUT2D eigenvalue weighted by atomic mass is 79.9. The lowest BCUT2D eigenvalue weighted by atomic mass is 10.1. The summed E-state index contributed by atoms with van der Waals surface area (Å²) in [5.41, 5.74) is 3.76. The number of rotatable bonds is 4. The summed E-state index contributed by atoms with van der Waals surface area (Å²) in [5.74, 6) is 0. The summed E-state index contributed by atoms with van der Waals surface area (Å²) in [6, 6.07) is 0. The Labute approximate surface area is 121 Å². The van der Waals surface area contributed by atoms with Crippen LogP contribution in [0.2, 0.25) is 0 Å². The number of aryl methyl sites for hydroxylation is 4. The van der Waals surface area contributed by atoms with Crippen LogP contribution in [0.1, 0.15) is 35.7 Å². The van der Waals surface area contributed by atoms with Crippen molar-refractivity contribution in [2.24, 2.45) is 14.1 Å². The van der Waals surface area contributed by atoms with Crippen LogP contribution in [0.25, 0.3) is 0 Å². The van der Waals surface area contributed by atoms with E-state index in [0.717, 1.165) is 33.5 Å². The van der Waals surface area contributed by atoms with Crippen molar-refractivity contribution >= 4 is 15.9 Å². The zero-order chi connectivity index (χ0) is 14.2. The van der Waals surface area contributed by atoms with Crippen LogP contribution in [-0.2, 0) is 26.9 Å². The van der Waals surface area contributed by atoms with Crippen LogP contribution in [0.4, 0.5) is 0 Å². The molecule has 2 rings (SSSR count). The van der Waals surface area contributed by atoms with E-state index in [-0.39, 0.29) is 0 Å². The fraction of sp³-hybridized carbons (Fsp3) is 0.538. The van der Waals surface area contributed by atoms with Gasteiger partial charge in [-0.3, -0.25) is 9.36 Å². The Morgan fingerprint density at radius 2 is 2.05 bits per heavy atom. The summed E-state index contributed by atoms with van der Waals surface area (Å²) in [4.78, 5) is 0. The molecule has 0 aliphatic rings. The molecule has 2 heterocycles. The molecule has 19 heavy (non-hydrogen) atoms. The SMILES string of the molecule is CCc1nn(C)c(CC(O)c2cn(C)nc2C)c1Br. The van der Waals surface area contributed by atoms with E-state index in [2.05, 4.69) is 33.1 Å². The van der Waals surface area contributed by atoms with Gasteiger partial charge in [0.25, 0.3) is 0 Å². The summed E-state index contributed by atoms with van der Waals surface area (Å²) < 4.78 is 4.56. The van der Waals surface area contributed by atoms with Gasteiger partial charge in [0.1, 0.15) is 0 Å². The first kappa shape index (κ1) is 14.3. The number of aliphatic hydroxyl groups is 1. The first-order valence-corrected chi connectivity index (χ1v) is 7.11. The quantitative estimate of drug-likeness (QED) is 0.935. The third kappa shape index (κ3) is 2.74. The predicted octanol–water partition coefficient (Wildman–Crippen LogP) is 2.06. The molecule has 0 saturated carbocycles. The first-order valence-electron chi connectivity index (χ1n) is 6.32. The third-order valence-corrected chi connectivity index (χ3v) is 4.22. The lowest BCUT2D eigenvalue weighted by molar-refractivity contribution is 0.175. The largest absolute Gasteiger partial charge is 0.388 e. The number of aromatic nitrogens is 4. The molecule has 5 nitrogen and oxygen atoms in total. The fourth-order valence-corrected chi connectivity index (χ4v) is 3.06. The molecule has 1 atom stereocenters. The maximum atomic E-state index is 10.4. The van der Waals surface area contributed by atoms with Gasteiger partial charge in [0, 0.05) is 32.3 Å². The van der Waals surface area contributed by atoms with Gasteiger partial charge in [-0.15, -0.1) is 0 Å². The van der Waals surface area contributed by atoms with Crippen molar-refractivity contribution in [3.8, 4) is 0 Å². The van der Waals surface area contributed by atoms with Crippen LogP contribution in [0, 0.1) is 6.92 Å². The molecule has 0 aromatic carbocycles. The Bertz CT molecular complexity index is 588. The molecule has 1 unspecified atom stereocenters. The molecule has 0 aliphatic heterocycles. The third-order valence-electron chi connectivity index (χ3n) is 3.30.